The summed E-state index contributed by atoms with van der Waals surface area (Å²) in [5.74, 6) is 0.529. The molecule has 1 nitrogen and oxygen atoms in total. The molecule has 38 heavy (non-hydrogen) atoms. The molecule has 0 fully saturated rings. The van der Waals surface area contributed by atoms with Crippen LogP contribution in [0.25, 0.3) is 38.6 Å². The first-order chi connectivity index (χ1) is 18.5. The monoisotopic (exact) mass is 505 g/mol. The fourth-order valence-corrected chi connectivity index (χ4v) is 13.2. The van der Waals surface area contributed by atoms with Crippen LogP contribution in [-0.2, 0) is 0 Å². The Hall–Kier alpha value is -3.88. The Morgan fingerprint density at radius 3 is 2.05 bits per heavy atom. The third kappa shape index (κ3) is 2.56. The van der Waals surface area contributed by atoms with Crippen molar-refractivity contribution in [1.82, 2.24) is 4.57 Å². The second-order valence-corrected chi connectivity index (χ2v) is 15.1. The van der Waals surface area contributed by atoms with Gasteiger partial charge in [0.05, 0.1) is 11.0 Å². The van der Waals surface area contributed by atoms with Gasteiger partial charge in [-0.1, -0.05) is 97.8 Å². The average molecular weight is 506 g/mol. The molecule has 184 valence electrons. The Labute approximate surface area is 225 Å². The summed E-state index contributed by atoms with van der Waals surface area (Å²) in [6.45, 7) is 9.18. The quantitative estimate of drug-likeness (QED) is 0.234. The third-order valence-electron chi connectivity index (χ3n) is 9.36. The zero-order valence-corrected chi connectivity index (χ0v) is 23.5. The SMILES string of the molecule is CCC(C)c1ccc2c(c1)[Si]1(c3ccccc3-c3ccccc31)c1cc(C)cc3c4cc(C)ccc4n-2c13. The van der Waals surface area contributed by atoms with Gasteiger partial charge in [0.15, 0.2) is 8.07 Å². The molecule has 1 unspecified atom stereocenters. The predicted octanol–water partition coefficient (Wildman–Crippen LogP) is 6.59. The highest BCUT2D eigenvalue weighted by molar-refractivity contribution is 7.23. The van der Waals surface area contributed by atoms with Crippen molar-refractivity contribution in [3.63, 3.8) is 0 Å². The van der Waals surface area contributed by atoms with Crippen LogP contribution >= 0.6 is 0 Å². The van der Waals surface area contributed by atoms with Crippen LogP contribution in [0, 0.1) is 13.8 Å². The van der Waals surface area contributed by atoms with Crippen LogP contribution in [0.5, 0.6) is 0 Å². The van der Waals surface area contributed by atoms with Gasteiger partial charge in [0, 0.05) is 16.5 Å². The number of nitrogens with zero attached hydrogens (tertiary/aromatic N) is 1. The largest absolute Gasteiger partial charge is 0.309 e. The molecule has 0 amide bonds. The molecule has 0 N–H and O–H groups in total. The number of rotatable bonds is 2. The van der Waals surface area contributed by atoms with Crippen LogP contribution in [0.4, 0.5) is 0 Å². The molecule has 2 aliphatic heterocycles. The lowest BCUT2D eigenvalue weighted by atomic mass is 9.98. The first-order valence-corrected chi connectivity index (χ1v) is 15.9. The van der Waals surface area contributed by atoms with E-state index in [1.807, 2.05) is 0 Å². The van der Waals surface area contributed by atoms with Gasteiger partial charge in [-0.25, -0.2) is 0 Å². The lowest BCUT2D eigenvalue weighted by molar-refractivity contribution is 0.734. The molecular formula is C36H31NSi. The molecule has 2 heteroatoms. The molecule has 0 saturated carbocycles. The first kappa shape index (κ1) is 22.1. The van der Waals surface area contributed by atoms with Gasteiger partial charge >= 0.3 is 0 Å². The lowest BCUT2D eigenvalue weighted by Crippen LogP contribution is -2.75. The van der Waals surface area contributed by atoms with Crippen molar-refractivity contribution >= 4 is 50.6 Å². The van der Waals surface area contributed by atoms with E-state index in [-0.39, 0.29) is 0 Å². The Morgan fingerprint density at radius 1 is 0.658 bits per heavy atom. The van der Waals surface area contributed by atoms with Gasteiger partial charge in [-0.05, 0) is 87.9 Å². The van der Waals surface area contributed by atoms with Crippen LogP contribution in [0.1, 0.15) is 42.9 Å². The van der Waals surface area contributed by atoms with Crippen LogP contribution in [0.2, 0.25) is 0 Å². The maximum absolute atomic E-state index is 2.60. The van der Waals surface area contributed by atoms with Gasteiger partial charge in [0.25, 0.3) is 0 Å². The van der Waals surface area contributed by atoms with E-state index in [0.717, 1.165) is 6.42 Å². The standard InChI is InChI=1S/C36H31NSi/c1-5-24(4)25-15-17-31-34(21-25)38(32-12-8-6-10-26(32)27-11-7-9-13-33(27)38)35-20-23(3)19-29-28-18-22(2)14-16-30(28)37(31)36(29)35/h6-21,24H,5H2,1-4H3. The van der Waals surface area contributed by atoms with Crippen molar-refractivity contribution in [3.05, 3.63) is 114 Å². The minimum atomic E-state index is -2.55. The van der Waals surface area contributed by atoms with E-state index in [1.165, 1.54) is 55.3 Å². The molecule has 1 aromatic heterocycles. The first-order valence-electron chi connectivity index (χ1n) is 13.9. The zero-order chi connectivity index (χ0) is 25.8. The average Bonchev–Trinajstić information content (AvgIpc) is 3.42. The fraction of sp³-hybridized carbons (Fsp3) is 0.167. The molecule has 8 rings (SSSR count). The van der Waals surface area contributed by atoms with E-state index in [2.05, 4.69) is 129 Å². The van der Waals surface area contributed by atoms with Gasteiger partial charge in [0.1, 0.15) is 0 Å². The van der Waals surface area contributed by atoms with Gasteiger partial charge in [-0.2, -0.15) is 0 Å². The maximum Gasteiger partial charge on any atom is 0.185 e. The molecule has 0 saturated heterocycles. The van der Waals surface area contributed by atoms with Crippen molar-refractivity contribution in [2.75, 3.05) is 0 Å². The number of hydrogen-bond donors (Lipinski definition) is 0. The van der Waals surface area contributed by atoms with Crippen molar-refractivity contribution in [2.45, 2.75) is 40.0 Å². The van der Waals surface area contributed by atoms with Crippen LogP contribution in [-0.4, -0.2) is 12.6 Å². The van der Waals surface area contributed by atoms with Crippen LogP contribution < -0.4 is 20.7 Å². The van der Waals surface area contributed by atoms with E-state index in [9.17, 15) is 0 Å². The van der Waals surface area contributed by atoms with Gasteiger partial charge in [0.2, 0.25) is 0 Å². The second kappa shape index (κ2) is 7.58. The van der Waals surface area contributed by atoms with Crippen molar-refractivity contribution in [1.29, 1.82) is 0 Å². The summed E-state index contributed by atoms with van der Waals surface area (Å²) in [5, 5.41) is 8.95. The third-order valence-corrected chi connectivity index (χ3v) is 14.2. The molecule has 6 aromatic rings. The highest BCUT2D eigenvalue weighted by atomic mass is 28.3. The van der Waals surface area contributed by atoms with E-state index in [0.29, 0.717) is 5.92 Å². The molecule has 0 radical (unpaired) electrons. The Balaban J connectivity index is 1.67. The molecule has 3 heterocycles. The molecule has 1 atom stereocenters. The van der Waals surface area contributed by atoms with E-state index in [1.54, 1.807) is 20.7 Å². The molecule has 1 spiro atoms. The van der Waals surface area contributed by atoms with Crippen LogP contribution in [0.15, 0.2) is 97.1 Å². The minimum absolute atomic E-state index is 0.529. The molecule has 0 aliphatic carbocycles. The Morgan fingerprint density at radius 2 is 1.34 bits per heavy atom. The highest BCUT2D eigenvalue weighted by Crippen LogP contribution is 2.39. The maximum atomic E-state index is 2.60. The van der Waals surface area contributed by atoms with E-state index >= 15 is 0 Å². The van der Waals surface area contributed by atoms with Crippen LogP contribution in [0.3, 0.4) is 0 Å². The second-order valence-electron chi connectivity index (χ2n) is 11.5. The summed E-state index contributed by atoms with van der Waals surface area (Å²) in [7, 11) is -2.55. The molecule has 2 aliphatic rings. The summed E-state index contributed by atoms with van der Waals surface area (Å²) in [4.78, 5) is 0. The van der Waals surface area contributed by atoms with Gasteiger partial charge in [-0.3, -0.25) is 0 Å². The zero-order valence-electron chi connectivity index (χ0n) is 22.5. The van der Waals surface area contributed by atoms with E-state index < -0.39 is 8.07 Å². The lowest BCUT2D eigenvalue weighted by Gasteiger charge is -2.38. The number of aryl methyl sites for hydroxylation is 2. The predicted molar refractivity (Wildman–Crippen MR) is 165 cm³/mol. The topological polar surface area (TPSA) is 4.93 Å². The number of fused-ring (bicyclic) bond motifs is 12. The summed E-state index contributed by atoms with van der Waals surface area (Å²) >= 11 is 0. The number of hydrogen-bond acceptors (Lipinski definition) is 0. The smallest absolute Gasteiger partial charge is 0.185 e. The summed E-state index contributed by atoms with van der Waals surface area (Å²) < 4.78 is 2.59. The van der Waals surface area contributed by atoms with Crippen molar-refractivity contribution in [3.8, 4) is 16.8 Å². The Bertz CT molecular complexity index is 1910. The summed E-state index contributed by atoms with van der Waals surface area (Å²) in [6.07, 6.45) is 1.15. The normalized spacial score (nSPS) is 15.1. The van der Waals surface area contributed by atoms with Gasteiger partial charge in [-0.15, -0.1) is 0 Å². The molecule has 0 bridgehead atoms. The molecular weight excluding hydrogens is 474 g/mol. The number of aromatic nitrogens is 1. The fourth-order valence-electron chi connectivity index (χ4n) is 7.49. The van der Waals surface area contributed by atoms with Gasteiger partial charge < -0.3 is 4.57 Å². The molecule has 5 aromatic carbocycles. The van der Waals surface area contributed by atoms with Crippen molar-refractivity contribution in [2.24, 2.45) is 0 Å². The highest BCUT2D eigenvalue weighted by Gasteiger charge is 2.53. The summed E-state index contributed by atoms with van der Waals surface area (Å²) in [5.41, 5.74) is 11.1. The van der Waals surface area contributed by atoms with Crippen molar-refractivity contribution < 1.29 is 0 Å². The number of benzene rings is 5. The van der Waals surface area contributed by atoms with E-state index in [4.69, 9.17) is 0 Å². The Kier molecular flexibility index (Phi) is 4.42. The summed E-state index contributed by atoms with van der Waals surface area (Å²) in [6, 6.07) is 37.9. The minimum Gasteiger partial charge on any atom is -0.309 e.